The van der Waals surface area contributed by atoms with Gasteiger partial charge in [-0.2, -0.15) is 11.8 Å². The van der Waals surface area contributed by atoms with E-state index in [1.807, 2.05) is 11.8 Å². The molecule has 0 radical (unpaired) electrons. The molecule has 1 nitrogen and oxygen atoms in total. The second-order valence-corrected chi connectivity index (χ2v) is 4.55. The van der Waals surface area contributed by atoms with Gasteiger partial charge in [0.1, 0.15) is 0 Å². The van der Waals surface area contributed by atoms with Crippen molar-refractivity contribution in [2.24, 2.45) is 0 Å². The molecule has 1 fully saturated rings. The van der Waals surface area contributed by atoms with E-state index >= 15 is 0 Å². The first kappa shape index (κ1) is 10.4. The Morgan fingerprint density at radius 2 is 2.08 bits per heavy atom. The van der Waals surface area contributed by atoms with Crippen LogP contribution < -0.4 is 0 Å². The predicted molar refractivity (Wildman–Crippen MR) is 57.9 cm³/mol. The lowest BCUT2D eigenvalue weighted by Gasteiger charge is -2.19. The summed E-state index contributed by atoms with van der Waals surface area (Å²) in [7, 11) is 0. The fourth-order valence-corrected chi connectivity index (χ4v) is 2.09. The minimum atomic E-state index is 0.962. The van der Waals surface area contributed by atoms with Crippen molar-refractivity contribution in [2.45, 2.75) is 38.6 Å². The summed E-state index contributed by atoms with van der Waals surface area (Å²) in [5, 5.41) is 0. The number of thioether (sulfide) groups is 1. The van der Waals surface area contributed by atoms with E-state index in [4.69, 9.17) is 0 Å². The van der Waals surface area contributed by atoms with Crippen molar-refractivity contribution >= 4 is 11.8 Å². The first-order valence-corrected chi connectivity index (χ1v) is 6.51. The number of nitrogens with zero attached hydrogens (tertiary/aromatic N) is 1. The van der Waals surface area contributed by atoms with Crippen LogP contribution in [0.15, 0.2) is 0 Å². The molecule has 0 heterocycles. The normalized spacial score (nSPS) is 17.2. The molecule has 72 valence electrons. The molecule has 2 heteroatoms. The lowest BCUT2D eigenvalue weighted by molar-refractivity contribution is 0.273. The van der Waals surface area contributed by atoms with Gasteiger partial charge in [0.2, 0.25) is 0 Å². The molecule has 0 aromatic heterocycles. The summed E-state index contributed by atoms with van der Waals surface area (Å²) in [5.74, 6) is 1.34. The fraction of sp³-hybridized carbons (Fsp3) is 1.00. The van der Waals surface area contributed by atoms with Crippen molar-refractivity contribution in [1.82, 2.24) is 4.90 Å². The van der Waals surface area contributed by atoms with Crippen LogP contribution in [0.25, 0.3) is 0 Å². The molecule has 0 unspecified atom stereocenters. The highest BCUT2D eigenvalue weighted by Crippen LogP contribution is 2.26. The van der Waals surface area contributed by atoms with Gasteiger partial charge in [-0.25, -0.2) is 0 Å². The molecule has 0 amide bonds. The Morgan fingerprint density at radius 3 is 2.58 bits per heavy atom. The van der Waals surface area contributed by atoms with Gasteiger partial charge in [-0.3, -0.25) is 0 Å². The molecular weight excluding hydrogens is 166 g/mol. The average Bonchev–Trinajstić information content (AvgIpc) is 2.88. The SMILES string of the molecule is CCN(CCCCSC)C1CC1. The third-order valence-corrected chi connectivity index (χ3v) is 3.21. The number of hydrogen-bond donors (Lipinski definition) is 0. The maximum atomic E-state index is 2.64. The minimum Gasteiger partial charge on any atom is -0.301 e. The summed E-state index contributed by atoms with van der Waals surface area (Å²) >= 11 is 1.97. The van der Waals surface area contributed by atoms with E-state index in [0.717, 1.165) is 6.04 Å². The fourth-order valence-electron chi connectivity index (χ4n) is 1.60. The van der Waals surface area contributed by atoms with Crippen LogP contribution in [0.5, 0.6) is 0 Å². The van der Waals surface area contributed by atoms with Crippen LogP contribution in [0.4, 0.5) is 0 Å². The number of rotatable bonds is 7. The Morgan fingerprint density at radius 1 is 1.33 bits per heavy atom. The van der Waals surface area contributed by atoms with E-state index in [-0.39, 0.29) is 0 Å². The smallest absolute Gasteiger partial charge is 0.00963 e. The van der Waals surface area contributed by atoms with E-state index in [1.165, 1.54) is 44.5 Å². The molecule has 0 bridgehead atoms. The highest BCUT2D eigenvalue weighted by Gasteiger charge is 2.26. The van der Waals surface area contributed by atoms with Gasteiger partial charge in [-0.05, 0) is 50.8 Å². The van der Waals surface area contributed by atoms with Crippen LogP contribution >= 0.6 is 11.8 Å². The average molecular weight is 187 g/mol. The van der Waals surface area contributed by atoms with Crippen molar-refractivity contribution < 1.29 is 0 Å². The zero-order valence-electron chi connectivity index (χ0n) is 8.38. The van der Waals surface area contributed by atoms with Crippen LogP contribution in [0.3, 0.4) is 0 Å². The summed E-state index contributed by atoms with van der Waals surface area (Å²) in [5.41, 5.74) is 0. The molecule has 12 heavy (non-hydrogen) atoms. The Kier molecular flexibility index (Phi) is 5.08. The lowest BCUT2D eigenvalue weighted by Crippen LogP contribution is -2.26. The molecule has 1 saturated carbocycles. The Bertz CT molecular complexity index is 112. The van der Waals surface area contributed by atoms with Crippen molar-refractivity contribution in [3.05, 3.63) is 0 Å². The Hall–Kier alpha value is 0.310. The van der Waals surface area contributed by atoms with E-state index < -0.39 is 0 Å². The molecule has 1 rings (SSSR count). The summed E-state index contributed by atoms with van der Waals surface area (Å²) < 4.78 is 0. The zero-order valence-corrected chi connectivity index (χ0v) is 9.20. The van der Waals surface area contributed by atoms with Crippen LogP contribution in [0, 0.1) is 0 Å². The summed E-state index contributed by atoms with van der Waals surface area (Å²) in [6, 6.07) is 0.962. The summed E-state index contributed by atoms with van der Waals surface area (Å²) in [6.45, 7) is 4.87. The maximum Gasteiger partial charge on any atom is 0.00963 e. The molecule has 0 aromatic carbocycles. The molecule has 1 aliphatic rings. The van der Waals surface area contributed by atoms with Crippen molar-refractivity contribution in [1.29, 1.82) is 0 Å². The van der Waals surface area contributed by atoms with E-state index in [2.05, 4.69) is 18.1 Å². The maximum absolute atomic E-state index is 2.64. The van der Waals surface area contributed by atoms with Crippen LogP contribution in [0.2, 0.25) is 0 Å². The van der Waals surface area contributed by atoms with Gasteiger partial charge < -0.3 is 4.90 Å². The third-order valence-electron chi connectivity index (χ3n) is 2.51. The highest BCUT2D eigenvalue weighted by atomic mass is 32.2. The molecule has 0 atom stereocenters. The first-order valence-electron chi connectivity index (χ1n) is 5.11. The lowest BCUT2D eigenvalue weighted by atomic mass is 10.3. The zero-order chi connectivity index (χ0) is 8.81. The van der Waals surface area contributed by atoms with E-state index in [9.17, 15) is 0 Å². The van der Waals surface area contributed by atoms with Gasteiger partial charge in [0.15, 0.2) is 0 Å². The number of hydrogen-bond acceptors (Lipinski definition) is 2. The Balaban J connectivity index is 1.95. The molecular formula is C10H21NS. The quantitative estimate of drug-likeness (QED) is 0.564. The third kappa shape index (κ3) is 3.81. The van der Waals surface area contributed by atoms with Crippen LogP contribution in [0.1, 0.15) is 32.6 Å². The van der Waals surface area contributed by atoms with Crippen LogP contribution in [-0.4, -0.2) is 36.0 Å². The second kappa shape index (κ2) is 5.87. The van der Waals surface area contributed by atoms with Gasteiger partial charge in [0.25, 0.3) is 0 Å². The summed E-state index contributed by atoms with van der Waals surface area (Å²) in [6.07, 6.45) is 7.89. The largest absolute Gasteiger partial charge is 0.301 e. The predicted octanol–water partition coefficient (Wildman–Crippen LogP) is 2.61. The molecule has 1 aliphatic carbocycles. The molecule has 0 N–H and O–H groups in total. The van der Waals surface area contributed by atoms with Gasteiger partial charge in [0, 0.05) is 6.04 Å². The standard InChI is InChI=1S/C10H21NS/c1-3-11(10-6-7-10)8-4-5-9-12-2/h10H,3-9H2,1-2H3. The van der Waals surface area contributed by atoms with Gasteiger partial charge in [0.05, 0.1) is 0 Å². The Labute approximate surface area is 80.9 Å². The first-order chi connectivity index (χ1) is 5.88. The van der Waals surface area contributed by atoms with E-state index in [0.29, 0.717) is 0 Å². The van der Waals surface area contributed by atoms with Gasteiger partial charge in [-0.15, -0.1) is 0 Å². The molecule has 0 aromatic rings. The molecule has 0 aliphatic heterocycles. The van der Waals surface area contributed by atoms with Crippen molar-refractivity contribution in [2.75, 3.05) is 25.1 Å². The number of unbranched alkanes of at least 4 members (excludes halogenated alkanes) is 1. The van der Waals surface area contributed by atoms with E-state index in [1.54, 1.807) is 0 Å². The minimum absolute atomic E-state index is 0.962. The van der Waals surface area contributed by atoms with Gasteiger partial charge in [-0.1, -0.05) is 6.92 Å². The molecule has 0 saturated heterocycles. The summed E-state index contributed by atoms with van der Waals surface area (Å²) in [4.78, 5) is 2.64. The topological polar surface area (TPSA) is 3.24 Å². The van der Waals surface area contributed by atoms with Crippen LogP contribution in [-0.2, 0) is 0 Å². The van der Waals surface area contributed by atoms with Crippen molar-refractivity contribution in [3.8, 4) is 0 Å². The van der Waals surface area contributed by atoms with Crippen molar-refractivity contribution in [3.63, 3.8) is 0 Å². The molecule has 0 spiro atoms. The van der Waals surface area contributed by atoms with Gasteiger partial charge >= 0.3 is 0 Å². The monoisotopic (exact) mass is 187 g/mol. The highest BCUT2D eigenvalue weighted by molar-refractivity contribution is 7.98. The second-order valence-electron chi connectivity index (χ2n) is 3.56.